The Hall–Kier alpha value is -3.12. The van der Waals surface area contributed by atoms with Crippen molar-refractivity contribution in [2.75, 3.05) is 13.7 Å². The zero-order chi connectivity index (χ0) is 22.1. The Balaban J connectivity index is 1.74. The predicted molar refractivity (Wildman–Crippen MR) is 127 cm³/mol. The predicted octanol–water partition coefficient (Wildman–Crippen LogP) is 5.77. The molecule has 0 N–H and O–H groups in total. The average Bonchev–Trinajstić information content (AvgIpc) is 3.19. The standard InChI is InChI=1S/C25H26N2O3S/c1-15(2)13-30-21-9-8-19(11-22(21)29-5)27-14-26-20-12-23(31-24(20)25(27)28)18-7-6-16(3)17(4)10-18/h6-12,14-15H,13H2,1-5H3. The molecular formula is C25H26N2O3S. The normalized spacial score (nSPS) is 11.3. The van der Waals surface area contributed by atoms with Crippen molar-refractivity contribution in [1.29, 1.82) is 0 Å². The Morgan fingerprint density at radius 3 is 2.55 bits per heavy atom. The number of aromatic nitrogens is 2. The lowest BCUT2D eigenvalue weighted by Gasteiger charge is -2.14. The molecular weight excluding hydrogens is 408 g/mol. The summed E-state index contributed by atoms with van der Waals surface area (Å²) in [7, 11) is 1.60. The van der Waals surface area contributed by atoms with E-state index >= 15 is 0 Å². The van der Waals surface area contributed by atoms with E-state index in [0.29, 0.717) is 39.9 Å². The fraction of sp³-hybridized carbons (Fsp3) is 0.280. The molecule has 0 fully saturated rings. The number of rotatable bonds is 6. The molecule has 0 bridgehead atoms. The molecule has 2 heterocycles. The van der Waals surface area contributed by atoms with Gasteiger partial charge in [0.05, 0.1) is 24.9 Å². The Labute approximate surface area is 185 Å². The van der Waals surface area contributed by atoms with Crippen molar-refractivity contribution >= 4 is 21.6 Å². The largest absolute Gasteiger partial charge is 0.493 e. The van der Waals surface area contributed by atoms with Gasteiger partial charge in [-0.2, -0.15) is 0 Å². The van der Waals surface area contributed by atoms with Gasteiger partial charge in [0.25, 0.3) is 5.56 Å². The van der Waals surface area contributed by atoms with Gasteiger partial charge in [-0.1, -0.05) is 32.0 Å². The van der Waals surface area contributed by atoms with Crippen LogP contribution in [0.1, 0.15) is 25.0 Å². The van der Waals surface area contributed by atoms with Crippen molar-refractivity contribution in [2.45, 2.75) is 27.7 Å². The summed E-state index contributed by atoms with van der Waals surface area (Å²) in [5, 5.41) is 0. The first kappa shape index (κ1) is 21.1. The summed E-state index contributed by atoms with van der Waals surface area (Å²) in [5.41, 5.74) is 4.89. The lowest BCUT2D eigenvalue weighted by atomic mass is 10.1. The minimum atomic E-state index is -0.0945. The van der Waals surface area contributed by atoms with Crippen molar-refractivity contribution < 1.29 is 9.47 Å². The quantitative estimate of drug-likeness (QED) is 0.386. The van der Waals surface area contributed by atoms with Crippen molar-refractivity contribution in [2.24, 2.45) is 5.92 Å². The van der Waals surface area contributed by atoms with Gasteiger partial charge < -0.3 is 9.47 Å². The molecule has 0 atom stereocenters. The smallest absolute Gasteiger partial charge is 0.275 e. The van der Waals surface area contributed by atoms with Crippen molar-refractivity contribution in [3.63, 3.8) is 0 Å². The van der Waals surface area contributed by atoms with Crippen LogP contribution in [0.5, 0.6) is 11.5 Å². The first-order valence-corrected chi connectivity index (χ1v) is 11.1. The van der Waals surface area contributed by atoms with Crippen molar-refractivity contribution in [1.82, 2.24) is 9.55 Å². The number of ether oxygens (including phenoxy) is 2. The highest BCUT2D eigenvalue weighted by Gasteiger charge is 2.14. The van der Waals surface area contributed by atoms with Crippen LogP contribution in [-0.4, -0.2) is 23.3 Å². The molecule has 0 radical (unpaired) electrons. The van der Waals surface area contributed by atoms with Gasteiger partial charge in [-0.15, -0.1) is 11.3 Å². The molecule has 2 aromatic heterocycles. The van der Waals surface area contributed by atoms with Crippen LogP contribution in [0.25, 0.3) is 26.3 Å². The number of aryl methyl sites for hydroxylation is 2. The number of thiophene rings is 1. The molecule has 0 spiro atoms. The van der Waals surface area contributed by atoms with Crippen LogP contribution < -0.4 is 15.0 Å². The van der Waals surface area contributed by atoms with E-state index in [2.05, 4.69) is 50.9 Å². The summed E-state index contributed by atoms with van der Waals surface area (Å²) in [6.07, 6.45) is 1.57. The summed E-state index contributed by atoms with van der Waals surface area (Å²) in [6.45, 7) is 8.97. The molecule has 0 saturated carbocycles. The number of nitrogens with zero attached hydrogens (tertiary/aromatic N) is 2. The lowest BCUT2D eigenvalue weighted by molar-refractivity contribution is 0.257. The van der Waals surface area contributed by atoms with E-state index in [1.807, 2.05) is 24.3 Å². The molecule has 2 aromatic carbocycles. The third-order valence-electron chi connectivity index (χ3n) is 5.23. The molecule has 31 heavy (non-hydrogen) atoms. The summed E-state index contributed by atoms with van der Waals surface area (Å²) >= 11 is 1.47. The van der Waals surface area contributed by atoms with Gasteiger partial charge in [0.15, 0.2) is 11.5 Å². The van der Waals surface area contributed by atoms with Gasteiger partial charge in [-0.05, 0) is 54.7 Å². The number of methoxy groups -OCH3 is 1. The van der Waals surface area contributed by atoms with E-state index in [1.54, 1.807) is 18.0 Å². The molecule has 0 aliphatic carbocycles. The average molecular weight is 435 g/mol. The highest BCUT2D eigenvalue weighted by atomic mass is 32.1. The Morgan fingerprint density at radius 2 is 1.84 bits per heavy atom. The van der Waals surface area contributed by atoms with Crippen molar-refractivity contribution in [3.05, 3.63) is 70.3 Å². The summed E-state index contributed by atoms with van der Waals surface area (Å²) in [4.78, 5) is 18.8. The molecule has 5 nitrogen and oxygen atoms in total. The zero-order valence-electron chi connectivity index (χ0n) is 18.4. The van der Waals surface area contributed by atoms with Crippen LogP contribution >= 0.6 is 11.3 Å². The first-order valence-electron chi connectivity index (χ1n) is 10.3. The van der Waals surface area contributed by atoms with Crippen LogP contribution in [-0.2, 0) is 0 Å². The summed E-state index contributed by atoms with van der Waals surface area (Å²) in [6, 6.07) is 13.8. The molecule has 6 heteroatoms. The Bertz CT molecular complexity index is 1300. The molecule has 4 aromatic rings. The first-order chi connectivity index (χ1) is 14.9. The van der Waals surface area contributed by atoms with Crippen LogP contribution in [0.2, 0.25) is 0 Å². The molecule has 0 saturated heterocycles. The zero-order valence-corrected chi connectivity index (χ0v) is 19.2. The molecule has 0 aliphatic heterocycles. The SMILES string of the molecule is COc1cc(-n2cnc3cc(-c4ccc(C)c(C)c4)sc3c2=O)ccc1OCC(C)C. The molecule has 160 valence electrons. The fourth-order valence-corrected chi connectivity index (χ4v) is 4.35. The van der Waals surface area contributed by atoms with E-state index in [4.69, 9.17) is 9.47 Å². The monoisotopic (exact) mass is 434 g/mol. The maximum Gasteiger partial charge on any atom is 0.275 e. The van der Waals surface area contributed by atoms with Gasteiger partial charge in [-0.3, -0.25) is 9.36 Å². The van der Waals surface area contributed by atoms with Crippen LogP contribution in [0.4, 0.5) is 0 Å². The number of hydrogen-bond acceptors (Lipinski definition) is 5. The lowest BCUT2D eigenvalue weighted by Crippen LogP contribution is -2.17. The van der Waals surface area contributed by atoms with Crippen LogP contribution in [0.15, 0.2) is 53.6 Å². The minimum Gasteiger partial charge on any atom is -0.493 e. The van der Waals surface area contributed by atoms with Gasteiger partial charge in [0.1, 0.15) is 11.0 Å². The van der Waals surface area contributed by atoms with Gasteiger partial charge in [0.2, 0.25) is 0 Å². The van der Waals surface area contributed by atoms with E-state index < -0.39 is 0 Å². The van der Waals surface area contributed by atoms with E-state index in [0.717, 1.165) is 10.4 Å². The minimum absolute atomic E-state index is 0.0945. The second kappa shape index (κ2) is 8.55. The van der Waals surface area contributed by atoms with E-state index in [9.17, 15) is 4.79 Å². The molecule has 0 amide bonds. The molecule has 0 aliphatic rings. The topological polar surface area (TPSA) is 53.4 Å². The summed E-state index contributed by atoms with van der Waals surface area (Å²) in [5.74, 6) is 1.66. The van der Waals surface area contributed by atoms with Gasteiger partial charge >= 0.3 is 0 Å². The second-order valence-corrected chi connectivity index (χ2v) is 9.14. The second-order valence-electron chi connectivity index (χ2n) is 8.08. The summed E-state index contributed by atoms with van der Waals surface area (Å²) < 4.78 is 13.5. The Kier molecular flexibility index (Phi) is 5.83. The maximum absolute atomic E-state index is 13.3. The number of fused-ring (bicyclic) bond motifs is 1. The third-order valence-corrected chi connectivity index (χ3v) is 6.39. The molecule has 0 unspecified atom stereocenters. The number of hydrogen-bond donors (Lipinski definition) is 0. The fourth-order valence-electron chi connectivity index (χ4n) is 3.31. The third kappa shape index (κ3) is 4.21. The van der Waals surface area contributed by atoms with Gasteiger partial charge in [-0.25, -0.2) is 4.98 Å². The van der Waals surface area contributed by atoms with Gasteiger partial charge in [0, 0.05) is 10.9 Å². The maximum atomic E-state index is 13.3. The van der Waals surface area contributed by atoms with Crippen LogP contribution in [0.3, 0.4) is 0 Å². The van der Waals surface area contributed by atoms with Crippen LogP contribution in [0, 0.1) is 19.8 Å². The van der Waals surface area contributed by atoms with E-state index in [1.165, 1.54) is 22.5 Å². The molecule has 4 rings (SSSR count). The Morgan fingerprint density at radius 1 is 1.03 bits per heavy atom. The van der Waals surface area contributed by atoms with E-state index in [-0.39, 0.29) is 5.56 Å². The van der Waals surface area contributed by atoms with Crippen molar-refractivity contribution in [3.8, 4) is 27.6 Å². The highest BCUT2D eigenvalue weighted by molar-refractivity contribution is 7.22. The highest BCUT2D eigenvalue weighted by Crippen LogP contribution is 2.33. The number of benzene rings is 2.